The first-order valence-corrected chi connectivity index (χ1v) is 6.14. The third-order valence-corrected chi connectivity index (χ3v) is 3.66. The minimum absolute atomic E-state index is 0.235. The number of aryl methyl sites for hydroxylation is 1. The normalized spacial score (nSPS) is 25.4. The van der Waals surface area contributed by atoms with Crippen molar-refractivity contribution in [3.05, 3.63) is 29.6 Å². The number of hydrogen-bond donors (Lipinski definition) is 0. The van der Waals surface area contributed by atoms with Gasteiger partial charge in [0.1, 0.15) is 0 Å². The summed E-state index contributed by atoms with van der Waals surface area (Å²) in [6.07, 6.45) is 6.23. The molecule has 0 radical (unpaired) electrons. The number of carbonyl (C=O) groups is 1. The van der Waals surface area contributed by atoms with Crippen LogP contribution in [0.15, 0.2) is 18.3 Å². The lowest BCUT2D eigenvalue weighted by molar-refractivity contribution is 0.0874. The van der Waals surface area contributed by atoms with E-state index < -0.39 is 0 Å². The summed E-state index contributed by atoms with van der Waals surface area (Å²) < 4.78 is 0. The summed E-state index contributed by atoms with van der Waals surface area (Å²) in [4.78, 5) is 16.5. The van der Waals surface area contributed by atoms with Crippen molar-refractivity contribution in [2.45, 2.75) is 39.5 Å². The van der Waals surface area contributed by atoms with Crippen molar-refractivity contribution in [2.24, 2.45) is 11.8 Å². The van der Waals surface area contributed by atoms with Crippen molar-refractivity contribution >= 4 is 5.78 Å². The minimum atomic E-state index is 0.235. The number of ketones is 1. The molecule has 0 unspecified atom stereocenters. The zero-order valence-electron chi connectivity index (χ0n) is 10.1. The van der Waals surface area contributed by atoms with Crippen LogP contribution >= 0.6 is 0 Å². The molecule has 16 heavy (non-hydrogen) atoms. The molecule has 0 atom stereocenters. The summed E-state index contributed by atoms with van der Waals surface area (Å²) in [6, 6.07) is 3.76. The van der Waals surface area contributed by atoms with Gasteiger partial charge in [0.15, 0.2) is 5.78 Å². The topological polar surface area (TPSA) is 30.0 Å². The number of Topliss-reactive ketones (excluding diaryl/α,β-unsaturated/α-hetero) is 1. The predicted molar refractivity (Wildman–Crippen MR) is 64.4 cm³/mol. The van der Waals surface area contributed by atoms with Crippen LogP contribution in [0.5, 0.6) is 0 Å². The first-order valence-electron chi connectivity index (χ1n) is 6.14. The van der Waals surface area contributed by atoms with Crippen LogP contribution in [0, 0.1) is 18.8 Å². The van der Waals surface area contributed by atoms with Gasteiger partial charge in [-0.2, -0.15) is 0 Å². The van der Waals surface area contributed by atoms with Gasteiger partial charge in [-0.1, -0.05) is 19.8 Å². The Morgan fingerprint density at radius 3 is 2.62 bits per heavy atom. The van der Waals surface area contributed by atoms with E-state index in [1.807, 2.05) is 19.1 Å². The maximum Gasteiger partial charge on any atom is 0.167 e. The molecule has 86 valence electrons. The van der Waals surface area contributed by atoms with Crippen LogP contribution in [0.25, 0.3) is 0 Å². The van der Waals surface area contributed by atoms with E-state index in [0.29, 0.717) is 5.78 Å². The molecule has 0 saturated heterocycles. The van der Waals surface area contributed by atoms with Crippen molar-refractivity contribution < 1.29 is 4.79 Å². The Hall–Kier alpha value is -1.18. The van der Waals surface area contributed by atoms with Gasteiger partial charge in [0.25, 0.3) is 0 Å². The van der Waals surface area contributed by atoms with Crippen LogP contribution in [0.2, 0.25) is 0 Å². The second-order valence-corrected chi connectivity index (χ2v) is 4.96. The van der Waals surface area contributed by atoms with Crippen LogP contribution in [0.1, 0.15) is 48.7 Å². The quantitative estimate of drug-likeness (QED) is 0.711. The maximum absolute atomic E-state index is 12.3. The second kappa shape index (κ2) is 4.77. The zero-order valence-corrected chi connectivity index (χ0v) is 10.1. The highest BCUT2D eigenvalue weighted by molar-refractivity contribution is 5.98. The smallest absolute Gasteiger partial charge is 0.167 e. The van der Waals surface area contributed by atoms with Crippen LogP contribution in [0.3, 0.4) is 0 Å². The molecule has 1 aromatic rings. The number of carbonyl (C=O) groups excluding carboxylic acids is 1. The van der Waals surface area contributed by atoms with E-state index in [-0.39, 0.29) is 5.92 Å². The molecule has 1 fully saturated rings. The fraction of sp³-hybridized carbons (Fsp3) is 0.571. The molecule has 0 aromatic carbocycles. The van der Waals surface area contributed by atoms with Crippen LogP contribution in [0.4, 0.5) is 0 Å². The van der Waals surface area contributed by atoms with Crippen LogP contribution in [-0.4, -0.2) is 10.8 Å². The Kier molecular flexibility index (Phi) is 3.37. The van der Waals surface area contributed by atoms with Gasteiger partial charge in [-0.3, -0.25) is 9.78 Å². The SMILES string of the molecule is Cc1ncccc1C(=O)C1CCC(C)CC1. The van der Waals surface area contributed by atoms with Crippen molar-refractivity contribution in [3.63, 3.8) is 0 Å². The summed E-state index contributed by atoms with van der Waals surface area (Å²) in [7, 11) is 0. The molecule has 2 heteroatoms. The van der Waals surface area contributed by atoms with Crippen molar-refractivity contribution in [1.82, 2.24) is 4.98 Å². The molecule has 0 spiro atoms. The molecule has 0 aliphatic heterocycles. The summed E-state index contributed by atoms with van der Waals surface area (Å²) >= 11 is 0. The molecule has 1 heterocycles. The van der Waals surface area contributed by atoms with Gasteiger partial charge in [0, 0.05) is 23.4 Å². The Balaban J connectivity index is 2.11. The lowest BCUT2D eigenvalue weighted by Crippen LogP contribution is -2.21. The van der Waals surface area contributed by atoms with Gasteiger partial charge in [-0.25, -0.2) is 0 Å². The summed E-state index contributed by atoms with van der Waals surface area (Å²) in [5, 5.41) is 0. The van der Waals surface area contributed by atoms with Crippen molar-refractivity contribution in [1.29, 1.82) is 0 Å². The number of nitrogens with zero attached hydrogens (tertiary/aromatic N) is 1. The maximum atomic E-state index is 12.3. The highest BCUT2D eigenvalue weighted by Gasteiger charge is 2.25. The van der Waals surface area contributed by atoms with E-state index >= 15 is 0 Å². The van der Waals surface area contributed by atoms with E-state index in [9.17, 15) is 4.79 Å². The second-order valence-electron chi connectivity index (χ2n) is 4.96. The minimum Gasteiger partial charge on any atom is -0.294 e. The molecule has 2 rings (SSSR count). The molecular weight excluding hydrogens is 198 g/mol. The van der Waals surface area contributed by atoms with Gasteiger partial charge in [0.05, 0.1) is 0 Å². The van der Waals surface area contributed by atoms with Crippen molar-refractivity contribution in [3.8, 4) is 0 Å². The number of aromatic nitrogens is 1. The molecule has 0 bridgehead atoms. The first kappa shape index (κ1) is 11.3. The lowest BCUT2D eigenvalue weighted by Gasteiger charge is -2.25. The van der Waals surface area contributed by atoms with E-state index in [1.54, 1.807) is 6.20 Å². The van der Waals surface area contributed by atoms with Crippen LogP contribution < -0.4 is 0 Å². The molecule has 0 N–H and O–H groups in total. The van der Waals surface area contributed by atoms with E-state index in [1.165, 1.54) is 12.8 Å². The highest BCUT2D eigenvalue weighted by Crippen LogP contribution is 2.30. The van der Waals surface area contributed by atoms with Gasteiger partial charge in [-0.15, -0.1) is 0 Å². The molecule has 1 aromatic heterocycles. The molecule has 0 amide bonds. The molecule has 1 aliphatic carbocycles. The number of hydrogen-bond acceptors (Lipinski definition) is 2. The van der Waals surface area contributed by atoms with E-state index in [2.05, 4.69) is 11.9 Å². The van der Waals surface area contributed by atoms with Gasteiger partial charge in [-0.05, 0) is 37.8 Å². The lowest BCUT2D eigenvalue weighted by atomic mass is 9.79. The summed E-state index contributed by atoms with van der Waals surface area (Å²) in [6.45, 7) is 4.19. The Bertz CT molecular complexity index is 378. The fourth-order valence-electron chi connectivity index (χ4n) is 2.49. The molecule has 1 saturated carbocycles. The molecule has 2 nitrogen and oxygen atoms in total. The van der Waals surface area contributed by atoms with Gasteiger partial charge < -0.3 is 0 Å². The Morgan fingerprint density at radius 2 is 2.00 bits per heavy atom. The van der Waals surface area contributed by atoms with Gasteiger partial charge >= 0.3 is 0 Å². The number of rotatable bonds is 2. The highest BCUT2D eigenvalue weighted by atomic mass is 16.1. The van der Waals surface area contributed by atoms with E-state index in [0.717, 1.165) is 30.0 Å². The first-order chi connectivity index (χ1) is 7.68. The zero-order chi connectivity index (χ0) is 11.5. The standard InChI is InChI=1S/C14H19NO/c1-10-5-7-12(8-6-10)14(16)13-4-3-9-15-11(13)2/h3-4,9-10,12H,5-8H2,1-2H3. The van der Waals surface area contributed by atoms with Crippen molar-refractivity contribution in [2.75, 3.05) is 0 Å². The Morgan fingerprint density at radius 1 is 1.31 bits per heavy atom. The largest absolute Gasteiger partial charge is 0.294 e. The fourth-order valence-corrected chi connectivity index (χ4v) is 2.49. The monoisotopic (exact) mass is 217 g/mol. The average Bonchev–Trinajstić information content (AvgIpc) is 2.30. The third-order valence-electron chi connectivity index (χ3n) is 3.66. The average molecular weight is 217 g/mol. The Labute approximate surface area is 97.1 Å². The molecule has 1 aliphatic rings. The molecular formula is C14H19NO. The predicted octanol–water partition coefficient (Wildman–Crippen LogP) is 3.40. The number of pyridine rings is 1. The summed E-state index contributed by atoms with van der Waals surface area (Å²) in [5.41, 5.74) is 1.69. The van der Waals surface area contributed by atoms with Gasteiger partial charge in [0.2, 0.25) is 0 Å². The van der Waals surface area contributed by atoms with E-state index in [4.69, 9.17) is 0 Å². The third kappa shape index (κ3) is 2.31. The summed E-state index contributed by atoms with van der Waals surface area (Å²) in [5.74, 6) is 1.33. The van der Waals surface area contributed by atoms with Crippen LogP contribution in [-0.2, 0) is 0 Å².